The molecule has 1 spiro atoms. The molecule has 20 heavy (non-hydrogen) atoms. The molecular weight excluding hydrogens is 252 g/mol. The summed E-state index contributed by atoms with van der Waals surface area (Å²) in [6, 6.07) is 8.37. The van der Waals surface area contributed by atoms with Crippen LogP contribution < -0.4 is 0 Å². The molecule has 106 valence electrons. The molecule has 0 aromatic heterocycles. The Morgan fingerprint density at radius 3 is 2.80 bits per heavy atom. The monoisotopic (exact) mass is 272 g/mol. The molecule has 1 heterocycles. The minimum absolute atomic E-state index is 0.00919. The fraction of sp³-hybridized carbons (Fsp3) is 0.588. The van der Waals surface area contributed by atoms with Crippen LogP contribution in [0.5, 0.6) is 0 Å². The molecule has 3 aliphatic rings. The first-order chi connectivity index (χ1) is 9.84. The fourth-order valence-corrected chi connectivity index (χ4v) is 4.55. The maximum absolute atomic E-state index is 11.7. The summed E-state index contributed by atoms with van der Waals surface area (Å²) < 4.78 is 12.0. The van der Waals surface area contributed by atoms with Gasteiger partial charge in [0.05, 0.1) is 13.2 Å². The summed E-state index contributed by atoms with van der Waals surface area (Å²) in [5.41, 5.74) is 2.52. The summed E-state index contributed by atoms with van der Waals surface area (Å²) in [5.74, 6) is 0.283. The fourth-order valence-electron chi connectivity index (χ4n) is 4.55. The third kappa shape index (κ3) is 1.69. The number of rotatable bonds is 1. The number of hydrogen-bond donors (Lipinski definition) is 0. The molecule has 1 saturated heterocycles. The Morgan fingerprint density at radius 1 is 1.20 bits per heavy atom. The van der Waals surface area contributed by atoms with Crippen molar-refractivity contribution in [2.45, 2.75) is 37.4 Å². The summed E-state index contributed by atoms with van der Waals surface area (Å²) in [6.45, 7) is 1.38. The van der Waals surface area contributed by atoms with E-state index >= 15 is 0 Å². The highest BCUT2D eigenvalue weighted by Crippen LogP contribution is 2.52. The molecule has 0 unspecified atom stereocenters. The van der Waals surface area contributed by atoms with Gasteiger partial charge in [0.1, 0.15) is 6.29 Å². The summed E-state index contributed by atoms with van der Waals surface area (Å²) in [5, 5.41) is 0. The van der Waals surface area contributed by atoms with Crippen molar-refractivity contribution < 1.29 is 14.3 Å². The molecule has 1 aromatic rings. The van der Waals surface area contributed by atoms with Crippen molar-refractivity contribution in [3.63, 3.8) is 0 Å². The highest BCUT2D eigenvalue weighted by molar-refractivity contribution is 5.65. The largest absolute Gasteiger partial charge is 0.347 e. The van der Waals surface area contributed by atoms with Gasteiger partial charge in [-0.2, -0.15) is 0 Å². The molecule has 0 amide bonds. The lowest BCUT2D eigenvalue weighted by molar-refractivity contribution is -0.228. The van der Waals surface area contributed by atoms with E-state index in [1.807, 2.05) is 6.07 Å². The summed E-state index contributed by atoms with van der Waals surface area (Å²) >= 11 is 0. The van der Waals surface area contributed by atoms with Gasteiger partial charge >= 0.3 is 0 Å². The second-order valence-corrected chi connectivity index (χ2v) is 6.24. The van der Waals surface area contributed by atoms with Crippen molar-refractivity contribution in [1.82, 2.24) is 0 Å². The average molecular weight is 272 g/mol. The molecular formula is C17H20O3. The van der Waals surface area contributed by atoms with E-state index < -0.39 is 5.79 Å². The molecule has 2 aliphatic carbocycles. The van der Waals surface area contributed by atoms with E-state index in [1.54, 1.807) is 0 Å². The number of hydrogen-bond acceptors (Lipinski definition) is 3. The normalized spacial score (nSPS) is 34.5. The van der Waals surface area contributed by atoms with E-state index in [0.717, 1.165) is 32.0 Å². The lowest BCUT2D eigenvalue weighted by Crippen LogP contribution is -2.50. The number of aldehydes is 1. The van der Waals surface area contributed by atoms with E-state index in [4.69, 9.17) is 9.47 Å². The molecule has 3 nitrogen and oxygen atoms in total. The molecule has 0 bridgehead atoms. The molecule has 1 aromatic carbocycles. The van der Waals surface area contributed by atoms with Crippen LogP contribution in [-0.4, -0.2) is 25.3 Å². The van der Waals surface area contributed by atoms with Gasteiger partial charge in [0.2, 0.25) is 0 Å². The van der Waals surface area contributed by atoms with Crippen LogP contribution in [-0.2, 0) is 20.7 Å². The smallest absolute Gasteiger partial charge is 0.171 e. The number of carbonyl (C=O) groups is 1. The molecule has 1 aliphatic heterocycles. The zero-order valence-electron chi connectivity index (χ0n) is 11.6. The maximum atomic E-state index is 11.7. The van der Waals surface area contributed by atoms with E-state index in [0.29, 0.717) is 25.0 Å². The first-order valence-corrected chi connectivity index (χ1v) is 7.65. The van der Waals surface area contributed by atoms with Crippen LogP contribution in [0.15, 0.2) is 24.3 Å². The van der Waals surface area contributed by atoms with Crippen LogP contribution >= 0.6 is 0 Å². The second-order valence-electron chi connectivity index (χ2n) is 6.24. The molecule has 4 rings (SSSR count). The van der Waals surface area contributed by atoms with E-state index in [2.05, 4.69) is 18.2 Å². The highest BCUT2D eigenvalue weighted by Gasteiger charge is 2.53. The van der Waals surface area contributed by atoms with Gasteiger partial charge in [-0.3, -0.25) is 0 Å². The zero-order chi connectivity index (χ0) is 13.6. The van der Waals surface area contributed by atoms with Crippen LogP contribution in [0.1, 0.15) is 36.3 Å². The predicted molar refractivity (Wildman–Crippen MR) is 74.4 cm³/mol. The van der Waals surface area contributed by atoms with Crippen LogP contribution in [0.3, 0.4) is 0 Å². The van der Waals surface area contributed by atoms with E-state index in [-0.39, 0.29) is 5.92 Å². The Morgan fingerprint density at radius 2 is 2.00 bits per heavy atom. The van der Waals surface area contributed by atoms with Crippen LogP contribution in [0.25, 0.3) is 0 Å². The second kappa shape index (κ2) is 4.68. The maximum Gasteiger partial charge on any atom is 0.171 e. The molecule has 0 N–H and O–H groups in total. The van der Waals surface area contributed by atoms with Crippen molar-refractivity contribution in [1.29, 1.82) is 0 Å². The molecule has 1 saturated carbocycles. The van der Waals surface area contributed by atoms with Crippen molar-refractivity contribution in [3.8, 4) is 0 Å². The standard InChI is InChI=1S/C17H20O3/c18-11-15-13-5-2-1-4-12(13)10-16-14(15)6-3-7-17(16)19-8-9-20-17/h1-2,4-5,11,14-16H,3,6-10H2/t14-,15+,16-/m0/s1. The Labute approximate surface area is 119 Å². The van der Waals surface area contributed by atoms with Gasteiger partial charge in [0.15, 0.2) is 5.79 Å². The summed E-state index contributed by atoms with van der Waals surface area (Å²) in [4.78, 5) is 11.7. The summed E-state index contributed by atoms with van der Waals surface area (Å²) in [7, 11) is 0. The van der Waals surface area contributed by atoms with Gasteiger partial charge in [0, 0.05) is 18.3 Å². The van der Waals surface area contributed by atoms with Crippen LogP contribution in [0.2, 0.25) is 0 Å². The Hall–Kier alpha value is -1.19. The first-order valence-electron chi connectivity index (χ1n) is 7.65. The van der Waals surface area contributed by atoms with Crippen molar-refractivity contribution in [2.75, 3.05) is 13.2 Å². The Balaban J connectivity index is 1.78. The third-order valence-electron chi connectivity index (χ3n) is 5.38. The predicted octanol–water partition coefficient (Wildman–Crippen LogP) is 2.68. The lowest BCUT2D eigenvalue weighted by Gasteiger charge is -2.49. The van der Waals surface area contributed by atoms with Crippen molar-refractivity contribution in [3.05, 3.63) is 35.4 Å². The van der Waals surface area contributed by atoms with Crippen molar-refractivity contribution in [2.24, 2.45) is 11.8 Å². The van der Waals surface area contributed by atoms with Gasteiger partial charge in [-0.15, -0.1) is 0 Å². The lowest BCUT2D eigenvalue weighted by atomic mass is 9.61. The van der Waals surface area contributed by atoms with Crippen LogP contribution in [0, 0.1) is 11.8 Å². The first kappa shape index (κ1) is 12.5. The molecule has 3 atom stereocenters. The SMILES string of the molecule is O=C[C@@H]1c2ccccc2C[C@H]2[C@H]1CCCC21OCCO1. The minimum atomic E-state index is -0.419. The third-order valence-corrected chi connectivity index (χ3v) is 5.38. The topological polar surface area (TPSA) is 35.5 Å². The molecule has 2 fully saturated rings. The summed E-state index contributed by atoms with van der Waals surface area (Å²) in [6.07, 6.45) is 5.29. The average Bonchev–Trinajstić information content (AvgIpc) is 2.95. The van der Waals surface area contributed by atoms with Gasteiger partial charge in [0.25, 0.3) is 0 Å². The number of benzene rings is 1. The van der Waals surface area contributed by atoms with Crippen molar-refractivity contribution >= 4 is 6.29 Å². The van der Waals surface area contributed by atoms with Crippen LogP contribution in [0.4, 0.5) is 0 Å². The Bertz CT molecular complexity index is 519. The zero-order valence-corrected chi connectivity index (χ0v) is 11.6. The quantitative estimate of drug-likeness (QED) is 0.737. The highest BCUT2D eigenvalue weighted by atomic mass is 16.7. The Kier molecular flexibility index (Phi) is 2.93. The number of ether oxygens (including phenoxy) is 2. The minimum Gasteiger partial charge on any atom is -0.347 e. The van der Waals surface area contributed by atoms with E-state index in [1.165, 1.54) is 11.1 Å². The molecule has 3 heteroatoms. The number of fused-ring (bicyclic) bond motifs is 3. The number of carbonyl (C=O) groups excluding carboxylic acids is 1. The van der Waals surface area contributed by atoms with Gasteiger partial charge < -0.3 is 14.3 Å². The van der Waals surface area contributed by atoms with Gasteiger partial charge in [-0.1, -0.05) is 24.3 Å². The van der Waals surface area contributed by atoms with Gasteiger partial charge in [-0.05, 0) is 36.3 Å². The van der Waals surface area contributed by atoms with E-state index in [9.17, 15) is 4.79 Å². The molecule has 0 radical (unpaired) electrons. The van der Waals surface area contributed by atoms with Gasteiger partial charge in [-0.25, -0.2) is 0 Å².